The van der Waals surface area contributed by atoms with Crippen molar-refractivity contribution in [1.82, 2.24) is 9.97 Å². The minimum Gasteiger partial charge on any atom is -0.491 e. The quantitative estimate of drug-likeness (QED) is 0.239. The summed E-state index contributed by atoms with van der Waals surface area (Å²) in [4.78, 5) is 8.82. The molecule has 3 rings (SSSR count). The van der Waals surface area contributed by atoms with Crippen LogP contribution in [-0.4, -0.2) is 75.5 Å². The fourth-order valence-corrected chi connectivity index (χ4v) is 3.25. The van der Waals surface area contributed by atoms with Crippen LogP contribution in [0.1, 0.15) is 12.5 Å². The summed E-state index contributed by atoms with van der Waals surface area (Å²) in [5.41, 5.74) is 1.91. The van der Waals surface area contributed by atoms with E-state index in [2.05, 4.69) is 21.2 Å². The van der Waals surface area contributed by atoms with Gasteiger partial charge in [-0.05, 0) is 31.0 Å². The van der Waals surface area contributed by atoms with Gasteiger partial charge in [0.2, 0.25) is 0 Å². The SMILES string of the molecule is CCOCCOc1cc(C#CO)cc(Nc2ncnc3cc(OCCOC)c(OCCOC)cc23)c1. The minimum atomic E-state index is 0.351. The van der Waals surface area contributed by atoms with Gasteiger partial charge in [0.15, 0.2) is 11.5 Å². The standard InChI is InChI=1S/C26H31N3O7/c1-4-33-9-12-34-21-14-19(5-6-30)13-20(15-21)29-26-22-16-24(35-10-7-31-2)25(36-11-8-32-3)17-23(22)27-18-28-26/h13-18,30H,4,7-12H2,1-3H3,(H,27,28,29). The monoisotopic (exact) mass is 497 g/mol. The lowest BCUT2D eigenvalue weighted by atomic mass is 10.1. The number of aliphatic hydroxyl groups excluding tert-OH is 1. The maximum atomic E-state index is 9.10. The van der Waals surface area contributed by atoms with E-state index >= 15 is 0 Å². The average molecular weight is 498 g/mol. The molecule has 0 aliphatic rings. The Morgan fingerprint density at radius 3 is 2.25 bits per heavy atom. The molecule has 0 spiro atoms. The third kappa shape index (κ3) is 7.88. The van der Waals surface area contributed by atoms with Gasteiger partial charge in [-0.2, -0.15) is 0 Å². The van der Waals surface area contributed by atoms with Crippen LogP contribution < -0.4 is 19.5 Å². The van der Waals surface area contributed by atoms with Crippen LogP contribution in [0.25, 0.3) is 10.9 Å². The molecule has 0 atom stereocenters. The van der Waals surface area contributed by atoms with E-state index in [9.17, 15) is 0 Å². The van der Waals surface area contributed by atoms with Crippen molar-refractivity contribution in [2.45, 2.75) is 6.92 Å². The number of ether oxygens (including phenoxy) is 6. The molecule has 0 aliphatic heterocycles. The molecule has 10 heteroatoms. The molecule has 0 saturated heterocycles. The third-order valence-corrected chi connectivity index (χ3v) is 4.86. The van der Waals surface area contributed by atoms with Crippen LogP contribution in [0.5, 0.6) is 17.2 Å². The fraction of sp³-hybridized carbons (Fsp3) is 0.385. The zero-order chi connectivity index (χ0) is 25.6. The summed E-state index contributed by atoms with van der Waals surface area (Å²) in [6.45, 7) is 4.97. The largest absolute Gasteiger partial charge is 0.491 e. The molecule has 0 saturated carbocycles. The summed E-state index contributed by atoms with van der Waals surface area (Å²) in [5, 5.41) is 13.1. The van der Waals surface area contributed by atoms with Gasteiger partial charge in [0.05, 0.1) is 25.3 Å². The Labute approximate surface area is 210 Å². The van der Waals surface area contributed by atoms with Gasteiger partial charge >= 0.3 is 0 Å². The zero-order valence-electron chi connectivity index (χ0n) is 20.7. The molecule has 0 fully saturated rings. The summed E-state index contributed by atoms with van der Waals surface area (Å²) in [6.07, 6.45) is 3.40. The van der Waals surface area contributed by atoms with Crippen molar-refractivity contribution in [3.8, 4) is 29.3 Å². The molecule has 10 nitrogen and oxygen atoms in total. The number of benzene rings is 2. The highest BCUT2D eigenvalue weighted by Gasteiger charge is 2.13. The van der Waals surface area contributed by atoms with Crippen molar-refractivity contribution in [2.24, 2.45) is 0 Å². The van der Waals surface area contributed by atoms with E-state index in [1.165, 1.54) is 6.33 Å². The maximum absolute atomic E-state index is 9.10. The van der Waals surface area contributed by atoms with Gasteiger partial charge in [-0.15, -0.1) is 0 Å². The van der Waals surface area contributed by atoms with Crippen LogP contribution in [0.4, 0.5) is 11.5 Å². The van der Waals surface area contributed by atoms with Crippen molar-refractivity contribution >= 4 is 22.4 Å². The Morgan fingerprint density at radius 1 is 0.833 bits per heavy atom. The first-order chi connectivity index (χ1) is 17.7. The summed E-state index contributed by atoms with van der Waals surface area (Å²) >= 11 is 0. The van der Waals surface area contributed by atoms with Crippen molar-refractivity contribution in [3.05, 3.63) is 42.2 Å². The first kappa shape index (κ1) is 26.8. The summed E-state index contributed by atoms with van der Waals surface area (Å²) in [7, 11) is 3.22. The van der Waals surface area contributed by atoms with Gasteiger partial charge < -0.3 is 38.8 Å². The van der Waals surface area contributed by atoms with E-state index in [0.717, 1.165) is 5.39 Å². The number of aliphatic hydroxyl groups is 1. The molecule has 192 valence electrons. The van der Waals surface area contributed by atoms with Crippen molar-refractivity contribution < 1.29 is 33.5 Å². The first-order valence-electron chi connectivity index (χ1n) is 11.5. The normalized spacial score (nSPS) is 10.5. The molecule has 1 aromatic heterocycles. The summed E-state index contributed by atoms with van der Waals surface area (Å²) in [5.74, 6) is 4.86. The molecule has 3 aromatic rings. The lowest BCUT2D eigenvalue weighted by molar-refractivity contribution is 0.110. The molecule has 36 heavy (non-hydrogen) atoms. The predicted molar refractivity (Wildman–Crippen MR) is 135 cm³/mol. The van der Waals surface area contributed by atoms with E-state index in [4.69, 9.17) is 33.5 Å². The van der Waals surface area contributed by atoms with E-state index in [0.29, 0.717) is 86.1 Å². The number of nitrogens with one attached hydrogen (secondary N) is 1. The molecular formula is C26H31N3O7. The molecule has 0 unspecified atom stereocenters. The van der Waals surface area contributed by atoms with Gasteiger partial charge in [-0.1, -0.05) is 0 Å². The Morgan fingerprint density at radius 2 is 1.56 bits per heavy atom. The first-order valence-corrected chi connectivity index (χ1v) is 11.5. The molecule has 0 bridgehead atoms. The Hall–Kier alpha value is -3.78. The van der Waals surface area contributed by atoms with E-state index in [-0.39, 0.29) is 0 Å². The summed E-state index contributed by atoms with van der Waals surface area (Å²) < 4.78 is 33.1. The number of hydrogen-bond donors (Lipinski definition) is 2. The van der Waals surface area contributed by atoms with Gasteiger partial charge in [0, 0.05) is 49.6 Å². The number of anilines is 2. The number of hydrogen-bond acceptors (Lipinski definition) is 10. The zero-order valence-corrected chi connectivity index (χ0v) is 20.7. The van der Waals surface area contributed by atoms with E-state index < -0.39 is 0 Å². The topological polar surface area (TPSA) is 113 Å². The van der Waals surface area contributed by atoms with Crippen LogP contribution in [0.3, 0.4) is 0 Å². The lowest BCUT2D eigenvalue weighted by Crippen LogP contribution is -2.09. The molecule has 0 radical (unpaired) electrons. The third-order valence-electron chi connectivity index (χ3n) is 4.86. The van der Waals surface area contributed by atoms with E-state index in [1.807, 2.05) is 25.2 Å². The number of fused-ring (bicyclic) bond motifs is 1. The molecule has 0 amide bonds. The Kier molecular flexibility index (Phi) is 10.9. The molecule has 0 aliphatic carbocycles. The summed E-state index contributed by atoms with van der Waals surface area (Å²) in [6, 6.07) is 8.97. The van der Waals surface area contributed by atoms with Crippen LogP contribution in [0.15, 0.2) is 36.7 Å². The molecular weight excluding hydrogens is 466 g/mol. The minimum absolute atomic E-state index is 0.351. The van der Waals surface area contributed by atoms with Crippen molar-refractivity contribution in [1.29, 1.82) is 0 Å². The number of methoxy groups -OCH3 is 2. The number of aromatic nitrogens is 2. The molecule has 2 aromatic carbocycles. The van der Waals surface area contributed by atoms with Gasteiger partial charge in [-0.3, -0.25) is 0 Å². The van der Waals surface area contributed by atoms with Gasteiger partial charge in [-0.25, -0.2) is 9.97 Å². The van der Waals surface area contributed by atoms with Gasteiger partial charge in [0.1, 0.15) is 43.8 Å². The predicted octanol–water partition coefficient (Wildman–Crippen LogP) is 3.52. The molecule has 2 N–H and O–H groups in total. The molecule has 1 heterocycles. The fourth-order valence-electron chi connectivity index (χ4n) is 3.25. The van der Waals surface area contributed by atoms with Crippen LogP contribution >= 0.6 is 0 Å². The highest BCUT2D eigenvalue weighted by atomic mass is 16.5. The number of nitrogens with zero attached hydrogens (tertiary/aromatic N) is 2. The average Bonchev–Trinajstić information content (AvgIpc) is 2.87. The smallest absolute Gasteiger partial charge is 0.163 e. The van der Waals surface area contributed by atoms with Crippen LogP contribution in [-0.2, 0) is 14.2 Å². The lowest BCUT2D eigenvalue weighted by Gasteiger charge is -2.15. The second-order valence-electron chi connectivity index (χ2n) is 7.37. The van der Waals surface area contributed by atoms with Gasteiger partial charge in [0.25, 0.3) is 0 Å². The second kappa shape index (κ2) is 14.6. The highest BCUT2D eigenvalue weighted by Crippen LogP contribution is 2.35. The Bertz CT molecular complexity index is 1180. The van der Waals surface area contributed by atoms with Crippen LogP contribution in [0, 0.1) is 12.0 Å². The maximum Gasteiger partial charge on any atom is 0.163 e. The van der Waals surface area contributed by atoms with Crippen LogP contribution in [0.2, 0.25) is 0 Å². The highest BCUT2D eigenvalue weighted by molar-refractivity contribution is 5.93. The van der Waals surface area contributed by atoms with E-state index in [1.54, 1.807) is 32.4 Å². The number of rotatable bonds is 15. The second-order valence-corrected chi connectivity index (χ2v) is 7.37. The Balaban J connectivity index is 1.93. The van der Waals surface area contributed by atoms with Crippen molar-refractivity contribution in [3.63, 3.8) is 0 Å². The van der Waals surface area contributed by atoms with Crippen molar-refractivity contribution in [2.75, 3.05) is 65.8 Å².